The third-order valence-electron chi connectivity index (χ3n) is 3.02. The Morgan fingerprint density at radius 3 is 2.88 bits per heavy atom. The molecule has 3 heterocycles. The molecule has 2 N–H and O–H groups in total. The summed E-state index contributed by atoms with van der Waals surface area (Å²) >= 11 is 0. The maximum absolute atomic E-state index is 10.9. The number of nitrogens with zero attached hydrogens (tertiary/aromatic N) is 3. The molecule has 0 saturated carbocycles. The maximum Gasteiger partial charge on any atom is 0.371 e. The number of carbonyl (C=O) groups is 1. The van der Waals surface area contributed by atoms with Gasteiger partial charge in [-0.05, 0) is 18.9 Å². The van der Waals surface area contributed by atoms with Gasteiger partial charge in [-0.3, -0.25) is 0 Å². The molecule has 2 aromatic rings. The number of aromatic amines is 1. The number of aromatic carboxylic acids is 1. The number of pyridine rings is 1. The second-order valence-electron chi connectivity index (χ2n) is 4.11. The number of hydrogen-bond donors (Lipinski definition) is 2. The van der Waals surface area contributed by atoms with Crippen LogP contribution >= 0.6 is 0 Å². The molecule has 0 amide bonds. The predicted molar refractivity (Wildman–Crippen MR) is 62.3 cm³/mol. The maximum atomic E-state index is 10.9. The molecule has 2 aromatic heterocycles. The van der Waals surface area contributed by atoms with E-state index in [1.807, 2.05) is 6.07 Å². The molecule has 0 aliphatic carbocycles. The summed E-state index contributed by atoms with van der Waals surface area (Å²) in [6, 6.07) is 1.90. The van der Waals surface area contributed by atoms with Gasteiger partial charge < -0.3 is 15.0 Å². The summed E-state index contributed by atoms with van der Waals surface area (Å²) in [7, 11) is 0. The fourth-order valence-corrected chi connectivity index (χ4v) is 2.22. The Balaban J connectivity index is 2.14. The van der Waals surface area contributed by atoms with Gasteiger partial charge in [0.2, 0.25) is 5.82 Å². The first-order valence-electron chi connectivity index (χ1n) is 5.58. The average molecular weight is 232 g/mol. The van der Waals surface area contributed by atoms with E-state index >= 15 is 0 Å². The summed E-state index contributed by atoms with van der Waals surface area (Å²) in [5.41, 5.74) is 2.17. The normalized spacial score (nSPS) is 15.6. The van der Waals surface area contributed by atoms with Crippen LogP contribution in [0.4, 0.5) is 5.69 Å². The highest BCUT2D eigenvalue weighted by atomic mass is 16.4. The fourth-order valence-electron chi connectivity index (χ4n) is 2.22. The van der Waals surface area contributed by atoms with Crippen molar-refractivity contribution in [1.82, 2.24) is 15.0 Å². The van der Waals surface area contributed by atoms with E-state index in [4.69, 9.17) is 5.11 Å². The zero-order valence-corrected chi connectivity index (χ0v) is 9.18. The largest absolute Gasteiger partial charge is 0.475 e. The van der Waals surface area contributed by atoms with Crippen LogP contribution in [0.1, 0.15) is 23.5 Å². The van der Waals surface area contributed by atoms with Crippen LogP contribution in [-0.4, -0.2) is 39.1 Å². The highest BCUT2D eigenvalue weighted by Gasteiger charge is 2.18. The van der Waals surface area contributed by atoms with E-state index < -0.39 is 5.97 Å². The van der Waals surface area contributed by atoms with Crippen LogP contribution in [0.25, 0.3) is 11.2 Å². The van der Waals surface area contributed by atoms with E-state index in [1.54, 1.807) is 6.20 Å². The van der Waals surface area contributed by atoms with Gasteiger partial charge in [-0.1, -0.05) is 0 Å². The zero-order chi connectivity index (χ0) is 11.8. The molecule has 0 aromatic carbocycles. The van der Waals surface area contributed by atoms with Gasteiger partial charge in [0.15, 0.2) is 5.65 Å². The molecule has 0 atom stereocenters. The minimum absolute atomic E-state index is 0.0563. The Morgan fingerprint density at radius 2 is 2.18 bits per heavy atom. The first-order chi connectivity index (χ1) is 8.25. The number of hydrogen-bond acceptors (Lipinski definition) is 4. The Hall–Kier alpha value is -2.11. The number of nitrogens with one attached hydrogen (secondary N) is 1. The number of H-pyrrole nitrogens is 1. The summed E-state index contributed by atoms with van der Waals surface area (Å²) in [5, 5.41) is 8.91. The number of carboxylic acid groups (broad SMARTS) is 1. The molecule has 1 saturated heterocycles. The van der Waals surface area contributed by atoms with Gasteiger partial charge in [0, 0.05) is 19.3 Å². The van der Waals surface area contributed by atoms with E-state index in [1.165, 1.54) is 12.8 Å². The van der Waals surface area contributed by atoms with Crippen molar-refractivity contribution in [3.8, 4) is 0 Å². The third-order valence-corrected chi connectivity index (χ3v) is 3.02. The van der Waals surface area contributed by atoms with Crippen molar-refractivity contribution in [2.24, 2.45) is 0 Å². The van der Waals surface area contributed by atoms with E-state index in [0.717, 1.165) is 18.8 Å². The second-order valence-corrected chi connectivity index (χ2v) is 4.11. The van der Waals surface area contributed by atoms with Crippen LogP contribution in [0.2, 0.25) is 0 Å². The van der Waals surface area contributed by atoms with Gasteiger partial charge in [0.05, 0.1) is 5.69 Å². The van der Waals surface area contributed by atoms with Crippen molar-refractivity contribution in [1.29, 1.82) is 0 Å². The van der Waals surface area contributed by atoms with E-state index in [9.17, 15) is 4.79 Å². The molecule has 1 aliphatic rings. The molecule has 1 fully saturated rings. The first kappa shape index (κ1) is 10.1. The van der Waals surface area contributed by atoms with Crippen LogP contribution in [0, 0.1) is 0 Å². The van der Waals surface area contributed by atoms with Crippen molar-refractivity contribution >= 4 is 22.8 Å². The summed E-state index contributed by atoms with van der Waals surface area (Å²) in [6.07, 6.45) is 4.01. The number of anilines is 1. The lowest BCUT2D eigenvalue weighted by Gasteiger charge is -2.17. The molecule has 0 unspecified atom stereocenters. The van der Waals surface area contributed by atoms with Gasteiger partial charge in [0.25, 0.3) is 0 Å². The highest BCUT2D eigenvalue weighted by Crippen LogP contribution is 2.26. The molecule has 3 rings (SSSR count). The topological polar surface area (TPSA) is 82.1 Å². The monoisotopic (exact) mass is 232 g/mol. The van der Waals surface area contributed by atoms with Crippen molar-refractivity contribution < 1.29 is 9.90 Å². The molecular formula is C11H12N4O2. The summed E-state index contributed by atoms with van der Waals surface area (Å²) in [6.45, 7) is 2.00. The number of aromatic nitrogens is 3. The number of fused-ring (bicyclic) bond motifs is 1. The average Bonchev–Trinajstić information content (AvgIpc) is 2.97. The van der Waals surface area contributed by atoms with E-state index in [0.29, 0.717) is 11.2 Å². The summed E-state index contributed by atoms with van der Waals surface area (Å²) in [4.78, 5) is 24.0. The minimum atomic E-state index is -1.06. The van der Waals surface area contributed by atoms with Crippen molar-refractivity contribution in [3.05, 3.63) is 18.1 Å². The quantitative estimate of drug-likeness (QED) is 0.814. The molecule has 0 spiro atoms. The SMILES string of the molecule is O=C(O)c1nc2nccc(N3CCCC3)c2[nH]1. The van der Waals surface area contributed by atoms with Gasteiger partial charge in [-0.25, -0.2) is 14.8 Å². The van der Waals surface area contributed by atoms with Crippen LogP contribution in [0.15, 0.2) is 12.3 Å². The van der Waals surface area contributed by atoms with Crippen LogP contribution in [0.5, 0.6) is 0 Å². The van der Waals surface area contributed by atoms with Crippen LogP contribution in [0.3, 0.4) is 0 Å². The lowest BCUT2D eigenvalue weighted by molar-refractivity contribution is 0.0685. The van der Waals surface area contributed by atoms with Gasteiger partial charge in [-0.2, -0.15) is 0 Å². The van der Waals surface area contributed by atoms with Gasteiger partial charge in [0.1, 0.15) is 5.52 Å². The fraction of sp³-hybridized carbons (Fsp3) is 0.364. The predicted octanol–water partition coefficient (Wildman–Crippen LogP) is 1.26. The van der Waals surface area contributed by atoms with Gasteiger partial charge in [-0.15, -0.1) is 0 Å². The Morgan fingerprint density at radius 1 is 1.41 bits per heavy atom. The van der Waals surface area contributed by atoms with Gasteiger partial charge >= 0.3 is 5.97 Å². The zero-order valence-electron chi connectivity index (χ0n) is 9.18. The van der Waals surface area contributed by atoms with Crippen LogP contribution in [-0.2, 0) is 0 Å². The Labute approximate surface area is 97.3 Å². The molecule has 0 radical (unpaired) electrons. The van der Waals surface area contributed by atoms with Crippen molar-refractivity contribution in [2.75, 3.05) is 18.0 Å². The number of rotatable bonds is 2. The second kappa shape index (κ2) is 3.73. The molecule has 1 aliphatic heterocycles. The highest BCUT2D eigenvalue weighted by molar-refractivity contribution is 5.92. The van der Waals surface area contributed by atoms with Crippen molar-refractivity contribution in [2.45, 2.75) is 12.8 Å². The van der Waals surface area contributed by atoms with Crippen LogP contribution < -0.4 is 4.90 Å². The molecular weight excluding hydrogens is 220 g/mol. The third kappa shape index (κ3) is 1.61. The summed E-state index contributed by atoms with van der Waals surface area (Å²) in [5.74, 6) is -1.12. The Bertz CT molecular complexity index is 572. The van der Waals surface area contributed by atoms with Crippen molar-refractivity contribution in [3.63, 3.8) is 0 Å². The molecule has 0 bridgehead atoms. The minimum Gasteiger partial charge on any atom is -0.475 e. The standard InChI is InChI=1S/C11H12N4O2/c16-11(17)10-13-8-7(15-5-1-2-6-15)3-4-12-9(8)14-10/h3-4H,1-2,5-6H2,(H,16,17)(H,12,13,14). The first-order valence-corrected chi connectivity index (χ1v) is 5.58. The lowest BCUT2D eigenvalue weighted by Crippen LogP contribution is -2.17. The molecule has 88 valence electrons. The lowest BCUT2D eigenvalue weighted by atomic mass is 10.3. The number of imidazole rings is 1. The van der Waals surface area contributed by atoms with E-state index in [2.05, 4.69) is 19.9 Å². The summed E-state index contributed by atoms with van der Waals surface area (Å²) < 4.78 is 0. The smallest absolute Gasteiger partial charge is 0.371 e. The Kier molecular flexibility index (Phi) is 2.21. The molecule has 6 nitrogen and oxygen atoms in total. The number of carboxylic acids is 1. The molecule has 6 heteroatoms. The molecule has 17 heavy (non-hydrogen) atoms. The van der Waals surface area contributed by atoms with E-state index in [-0.39, 0.29) is 5.82 Å².